The van der Waals surface area contributed by atoms with Gasteiger partial charge in [-0.2, -0.15) is 0 Å². The molecule has 112 valence electrons. The lowest BCUT2D eigenvalue weighted by Crippen LogP contribution is -2.45. The van der Waals surface area contributed by atoms with Gasteiger partial charge in [0.25, 0.3) is 5.91 Å². The van der Waals surface area contributed by atoms with Crippen LogP contribution in [0.25, 0.3) is 0 Å². The van der Waals surface area contributed by atoms with Crippen LogP contribution in [0.5, 0.6) is 0 Å². The molecule has 1 aromatic carbocycles. The number of nitrogens with two attached hydrogens (primary N) is 1. The summed E-state index contributed by atoms with van der Waals surface area (Å²) in [6.45, 7) is 5.05. The number of halogens is 1. The second-order valence-electron chi connectivity index (χ2n) is 5.69. The Labute approximate surface area is 125 Å². The van der Waals surface area contributed by atoms with Crippen molar-refractivity contribution in [2.75, 3.05) is 13.1 Å². The summed E-state index contributed by atoms with van der Waals surface area (Å²) in [4.78, 5) is 14.4. The summed E-state index contributed by atoms with van der Waals surface area (Å²) in [6, 6.07) is 4.53. The van der Waals surface area contributed by atoms with Gasteiger partial charge in [0.05, 0.1) is 12.1 Å². The maximum absolute atomic E-state index is 14.0. The Morgan fingerprint density at radius 2 is 2.19 bits per heavy atom. The summed E-state index contributed by atoms with van der Waals surface area (Å²) in [5, 5.41) is 0. The maximum atomic E-state index is 14.0. The highest BCUT2D eigenvalue weighted by atomic mass is 19.1. The first-order valence-electron chi connectivity index (χ1n) is 7.32. The van der Waals surface area contributed by atoms with Crippen molar-refractivity contribution in [2.24, 2.45) is 11.7 Å². The molecule has 1 heterocycles. The largest absolute Gasteiger partial charge is 0.336 e. The smallest absolute Gasteiger partial charge is 0.257 e. The first-order chi connectivity index (χ1) is 10.0. The van der Waals surface area contributed by atoms with E-state index in [-0.39, 0.29) is 24.1 Å². The van der Waals surface area contributed by atoms with E-state index in [0.29, 0.717) is 18.0 Å². The molecule has 4 heteroatoms. The van der Waals surface area contributed by atoms with E-state index in [1.165, 1.54) is 12.1 Å². The van der Waals surface area contributed by atoms with Gasteiger partial charge in [0.2, 0.25) is 0 Å². The Morgan fingerprint density at radius 3 is 2.90 bits per heavy atom. The van der Waals surface area contributed by atoms with Crippen molar-refractivity contribution in [1.82, 2.24) is 4.90 Å². The zero-order valence-electron chi connectivity index (χ0n) is 12.5. The predicted octanol–water partition coefficient (Wildman–Crippen LogP) is 2.40. The Morgan fingerprint density at radius 1 is 1.43 bits per heavy atom. The van der Waals surface area contributed by atoms with E-state index in [1.54, 1.807) is 11.0 Å². The van der Waals surface area contributed by atoms with Gasteiger partial charge < -0.3 is 10.6 Å². The fourth-order valence-corrected chi connectivity index (χ4v) is 2.65. The molecule has 0 aliphatic carbocycles. The van der Waals surface area contributed by atoms with E-state index in [2.05, 4.69) is 18.8 Å². The zero-order chi connectivity index (χ0) is 15.4. The van der Waals surface area contributed by atoms with Gasteiger partial charge in [-0.1, -0.05) is 18.8 Å². The molecule has 0 bridgehead atoms. The van der Waals surface area contributed by atoms with E-state index in [4.69, 9.17) is 5.73 Å². The molecule has 1 saturated heterocycles. The van der Waals surface area contributed by atoms with Gasteiger partial charge in [-0.25, -0.2) is 4.39 Å². The zero-order valence-corrected chi connectivity index (χ0v) is 12.5. The fraction of sp³-hybridized carbons (Fsp3) is 0.471. The number of amides is 1. The molecule has 1 amide bonds. The highest BCUT2D eigenvalue weighted by Crippen LogP contribution is 2.24. The molecule has 0 spiro atoms. The van der Waals surface area contributed by atoms with Crippen LogP contribution in [0.3, 0.4) is 0 Å². The molecule has 2 atom stereocenters. The molecule has 3 nitrogen and oxygen atoms in total. The van der Waals surface area contributed by atoms with Crippen molar-refractivity contribution in [2.45, 2.75) is 32.7 Å². The Balaban J connectivity index is 2.29. The van der Waals surface area contributed by atoms with Gasteiger partial charge in [0.15, 0.2) is 0 Å². The minimum Gasteiger partial charge on any atom is -0.336 e. The van der Waals surface area contributed by atoms with Gasteiger partial charge in [0.1, 0.15) is 5.82 Å². The fourth-order valence-electron chi connectivity index (χ4n) is 2.65. The highest BCUT2D eigenvalue weighted by molar-refractivity contribution is 5.95. The lowest BCUT2D eigenvalue weighted by Gasteiger charge is -2.37. The summed E-state index contributed by atoms with van der Waals surface area (Å²) in [5.74, 6) is 5.26. The second-order valence-corrected chi connectivity index (χ2v) is 5.69. The summed E-state index contributed by atoms with van der Waals surface area (Å²) in [5.41, 5.74) is 6.04. The molecule has 1 aliphatic heterocycles. The van der Waals surface area contributed by atoms with Crippen LogP contribution in [-0.4, -0.2) is 29.9 Å². The first kappa shape index (κ1) is 15.5. The lowest BCUT2D eigenvalue weighted by molar-refractivity contribution is 0.0569. The number of benzene rings is 1. The van der Waals surface area contributed by atoms with E-state index >= 15 is 0 Å². The number of carbonyl (C=O) groups is 1. The van der Waals surface area contributed by atoms with Crippen LogP contribution in [0.15, 0.2) is 18.2 Å². The minimum atomic E-state index is -0.497. The van der Waals surface area contributed by atoms with E-state index in [1.807, 2.05) is 6.92 Å². The second kappa shape index (κ2) is 6.73. The van der Waals surface area contributed by atoms with Crippen LogP contribution in [0.1, 0.15) is 42.6 Å². The average molecular weight is 288 g/mol. The standard InChI is InChI=1S/C17H21FN2O/c1-12-5-6-13(2)20(11-12)17(21)15-10-14(4-3-9-19)7-8-16(15)18/h7-8,10,12-13H,5-6,9,11,19H2,1-2H3. The normalized spacial score (nSPS) is 21.6. The molecule has 1 aromatic rings. The van der Waals surface area contributed by atoms with Crippen molar-refractivity contribution < 1.29 is 9.18 Å². The molecule has 1 fully saturated rings. The molecule has 2 rings (SSSR count). The number of hydrogen-bond donors (Lipinski definition) is 1. The third kappa shape index (κ3) is 3.62. The Kier molecular flexibility index (Phi) is 4.98. The summed E-state index contributed by atoms with van der Waals surface area (Å²) >= 11 is 0. The topological polar surface area (TPSA) is 46.3 Å². The monoisotopic (exact) mass is 288 g/mol. The number of hydrogen-bond acceptors (Lipinski definition) is 2. The van der Waals surface area contributed by atoms with Gasteiger partial charge in [-0.3, -0.25) is 4.79 Å². The first-order valence-corrected chi connectivity index (χ1v) is 7.32. The molecular weight excluding hydrogens is 267 g/mol. The Bertz CT molecular complexity index is 588. The summed E-state index contributed by atoms with van der Waals surface area (Å²) in [6.07, 6.45) is 2.07. The molecule has 0 aromatic heterocycles. The van der Waals surface area contributed by atoms with Crippen molar-refractivity contribution in [3.8, 4) is 11.8 Å². The lowest BCUT2D eigenvalue weighted by atomic mass is 9.94. The maximum Gasteiger partial charge on any atom is 0.257 e. The van der Waals surface area contributed by atoms with Gasteiger partial charge in [-0.05, 0) is 43.9 Å². The van der Waals surface area contributed by atoms with Crippen LogP contribution < -0.4 is 5.73 Å². The van der Waals surface area contributed by atoms with Gasteiger partial charge in [-0.15, -0.1) is 0 Å². The van der Waals surface area contributed by atoms with Crippen LogP contribution in [-0.2, 0) is 0 Å². The number of nitrogens with zero attached hydrogens (tertiary/aromatic N) is 1. The number of likely N-dealkylation sites (tertiary alicyclic amines) is 1. The minimum absolute atomic E-state index is 0.0970. The van der Waals surface area contributed by atoms with E-state index < -0.39 is 5.82 Å². The van der Waals surface area contributed by atoms with E-state index in [0.717, 1.165) is 12.8 Å². The third-order valence-corrected chi connectivity index (χ3v) is 3.91. The number of piperidine rings is 1. The molecule has 1 aliphatic rings. The highest BCUT2D eigenvalue weighted by Gasteiger charge is 2.29. The SMILES string of the molecule is CC1CCC(C)N(C(=O)c2cc(C#CCN)ccc2F)C1. The molecule has 0 radical (unpaired) electrons. The van der Waals surface area contributed by atoms with E-state index in [9.17, 15) is 9.18 Å². The van der Waals surface area contributed by atoms with Crippen molar-refractivity contribution in [1.29, 1.82) is 0 Å². The average Bonchev–Trinajstić information content (AvgIpc) is 2.48. The molecule has 21 heavy (non-hydrogen) atoms. The van der Waals surface area contributed by atoms with Gasteiger partial charge >= 0.3 is 0 Å². The van der Waals surface area contributed by atoms with Gasteiger partial charge in [0, 0.05) is 18.2 Å². The number of carbonyl (C=O) groups excluding carboxylic acids is 1. The third-order valence-electron chi connectivity index (χ3n) is 3.91. The quantitative estimate of drug-likeness (QED) is 0.807. The molecule has 0 saturated carbocycles. The summed E-state index contributed by atoms with van der Waals surface area (Å²) in [7, 11) is 0. The number of rotatable bonds is 1. The van der Waals surface area contributed by atoms with Crippen LogP contribution in [0.4, 0.5) is 4.39 Å². The molecule has 2 N–H and O–H groups in total. The molecule has 2 unspecified atom stereocenters. The van der Waals surface area contributed by atoms with Crippen molar-refractivity contribution in [3.63, 3.8) is 0 Å². The van der Waals surface area contributed by atoms with Crippen molar-refractivity contribution in [3.05, 3.63) is 35.1 Å². The Hall–Kier alpha value is -1.86. The summed E-state index contributed by atoms with van der Waals surface area (Å²) < 4.78 is 14.0. The van der Waals surface area contributed by atoms with Crippen LogP contribution >= 0.6 is 0 Å². The predicted molar refractivity (Wildman–Crippen MR) is 81.2 cm³/mol. The van der Waals surface area contributed by atoms with Crippen LogP contribution in [0, 0.1) is 23.6 Å². The van der Waals surface area contributed by atoms with Crippen LogP contribution in [0.2, 0.25) is 0 Å². The molecular formula is C17H21FN2O. The van der Waals surface area contributed by atoms with Crippen molar-refractivity contribution >= 4 is 5.91 Å².